The van der Waals surface area contributed by atoms with Gasteiger partial charge in [-0.15, -0.1) is 0 Å². The number of rotatable bonds is 5. The lowest BCUT2D eigenvalue weighted by atomic mass is 10.2. The van der Waals surface area contributed by atoms with Gasteiger partial charge in [-0.1, -0.05) is 0 Å². The first-order valence-corrected chi connectivity index (χ1v) is 9.72. The van der Waals surface area contributed by atoms with Crippen molar-refractivity contribution in [3.63, 3.8) is 0 Å². The van der Waals surface area contributed by atoms with Gasteiger partial charge in [-0.3, -0.25) is 4.99 Å². The van der Waals surface area contributed by atoms with Crippen LogP contribution in [0.1, 0.15) is 27.2 Å². The van der Waals surface area contributed by atoms with Gasteiger partial charge in [-0.2, -0.15) is 0 Å². The van der Waals surface area contributed by atoms with Gasteiger partial charge in [0.2, 0.25) is 0 Å². The van der Waals surface area contributed by atoms with Gasteiger partial charge in [-0.25, -0.2) is 13.4 Å². The minimum absolute atomic E-state index is 0.180. The third kappa shape index (κ3) is 4.46. The van der Waals surface area contributed by atoms with Crippen LogP contribution < -0.4 is 5.32 Å². The Morgan fingerprint density at radius 2 is 2.22 bits per heavy atom. The van der Waals surface area contributed by atoms with E-state index in [9.17, 15) is 8.42 Å². The molecule has 0 saturated carbocycles. The van der Waals surface area contributed by atoms with E-state index >= 15 is 0 Å². The van der Waals surface area contributed by atoms with Crippen molar-refractivity contribution in [2.45, 2.75) is 38.5 Å². The Labute approximate surface area is 138 Å². The standard InChI is InChI=1S/C15H27N5O2S/c1-4-17-14(18-6-5-8-19-9-7-16-13-19)20-10-11-23(21,22)15(2,3)12-20/h7,9,13H,4-6,8,10-12H2,1-3H3,(H,17,18). The van der Waals surface area contributed by atoms with Crippen molar-refractivity contribution < 1.29 is 8.42 Å². The van der Waals surface area contributed by atoms with Gasteiger partial charge >= 0.3 is 0 Å². The van der Waals surface area contributed by atoms with Crippen LogP contribution in [0.4, 0.5) is 0 Å². The second kappa shape index (κ2) is 7.33. The fourth-order valence-electron chi connectivity index (χ4n) is 2.61. The fourth-order valence-corrected chi connectivity index (χ4v) is 3.97. The molecule has 130 valence electrons. The smallest absolute Gasteiger partial charge is 0.193 e. The third-order valence-electron chi connectivity index (χ3n) is 4.07. The Hall–Kier alpha value is -1.57. The number of hydrogen-bond acceptors (Lipinski definition) is 4. The van der Waals surface area contributed by atoms with Crippen LogP contribution in [0, 0.1) is 0 Å². The van der Waals surface area contributed by atoms with Gasteiger partial charge in [-0.05, 0) is 27.2 Å². The van der Waals surface area contributed by atoms with Crippen LogP contribution in [0.5, 0.6) is 0 Å². The minimum Gasteiger partial charge on any atom is -0.357 e. The summed E-state index contributed by atoms with van der Waals surface area (Å²) in [5.41, 5.74) is 0. The summed E-state index contributed by atoms with van der Waals surface area (Å²) in [6.45, 7) is 8.92. The van der Waals surface area contributed by atoms with Crippen molar-refractivity contribution >= 4 is 15.8 Å². The van der Waals surface area contributed by atoms with Crippen LogP contribution in [0.15, 0.2) is 23.7 Å². The number of sulfone groups is 1. The molecule has 2 heterocycles. The molecule has 0 aliphatic carbocycles. The zero-order valence-electron chi connectivity index (χ0n) is 14.2. The summed E-state index contributed by atoms with van der Waals surface area (Å²) in [6.07, 6.45) is 6.42. The van der Waals surface area contributed by atoms with Crippen LogP contribution in [0.3, 0.4) is 0 Å². The highest BCUT2D eigenvalue weighted by atomic mass is 32.2. The Balaban J connectivity index is 1.96. The van der Waals surface area contributed by atoms with E-state index in [2.05, 4.69) is 20.2 Å². The molecule has 0 aromatic carbocycles. The molecule has 2 rings (SSSR count). The maximum absolute atomic E-state index is 12.1. The van der Waals surface area contributed by atoms with Crippen molar-refractivity contribution in [2.24, 2.45) is 4.99 Å². The molecule has 23 heavy (non-hydrogen) atoms. The molecular weight excluding hydrogens is 314 g/mol. The summed E-state index contributed by atoms with van der Waals surface area (Å²) in [4.78, 5) is 10.7. The first-order valence-electron chi connectivity index (χ1n) is 8.07. The summed E-state index contributed by atoms with van der Waals surface area (Å²) < 4.78 is 25.5. The molecule has 0 amide bonds. The number of hydrogen-bond donors (Lipinski definition) is 1. The molecule has 7 nitrogen and oxygen atoms in total. The van der Waals surface area contributed by atoms with Crippen molar-refractivity contribution in [3.05, 3.63) is 18.7 Å². The molecule has 1 aromatic rings. The summed E-state index contributed by atoms with van der Waals surface area (Å²) >= 11 is 0. The largest absolute Gasteiger partial charge is 0.357 e. The van der Waals surface area contributed by atoms with Crippen molar-refractivity contribution in [1.29, 1.82) is 0 Å². The number of nitrogens with one attached hydrogen (secondary N) is 1. The lowest BCUT2D eigenvalue weighted by molar-refractivity contribution is 0.353. The molecule has 0 radical (unpaired) electrons. The monoisotopic (exact) mass is 341 g/mol. The molecule has 8 heteroatoms. The quantitative estimate of drug-likeness (QED) is 0.486. The number of aliphatic imine (C=N–C) groups is 1. The molecule has 0 atom stereocenters. The van der Waals surface area contributed by atoms with Gasteiger partial charge < -0.3 is 14.8 Å². The van der Waals surface area contributed by atoms with Gasteiger partial charge in [0.05, 0.1) is 16.8 Å². The maximum atomic E-state index is 12.1. The second-order valence-electron chi connectivity index (χ2n) is 6.39. The van der Waals surface area contributed by atoms with Gasteiger partial charge in [0.25, 0.3) is 0 Å². The minimum atomic E-state index is -3.03. The van der Waals surface area contributed by atoms with E-state index in [0.29, 0.717) is 19.6 Å². The number of guanidine groups is 1. The number of nitrogens with zero attached hydrogens (tertiary/aromatic N) is 4. The summed E-state index contributed by atoms with van der Waals surface area (Å²) in [5, 5.41) is 3.27. The SMILES string of the molecule is CCNC(=NCCCn1ccnc1)N1CCS(=O)(=O)C(C)(C)C1. The summed E-state index contributed by atoms with van der Waals surface area (Å²) in [5.74, 6) is 0.987. The number of aryl methyl sites for hydroxylation is 1. The van der Waals surface area contributed by atoms with E-state index < -0.39 is 14.6 Å². The number of imidazole rings is 1. The summed E-state index contributed by atoms with van der Waals surface area (Å²) in [6, 6.07) is 0. The second-order valence-corrected chi connectivity index (χ2v) is 9.13. The molecule has 0 unspecified atom stereocenters. The van der Waals surface area contributed by atoms with Crippen molar-refractivity contribution in [3.8, 4) is 0 Å². The predicted molar refractivity (Wildman–Crippen MR) is 92.3 cm³/mol. The lowest BCUT2D eigenvalue weighted by Gasteiger charge is -2.39. The Bertz CT molecular complexity index is 622. The zero-order chi connectivity index (χ0) is 16.9. The summed E-state index contributed by atoms with van der Waals surface area (Å²) in [7, 11) is -3.03. The van der Waals surface area contributed by atoms with Crippen LogP contribution in [0.2, 0.25) is 0 Å². The highest BCUT2D eigenvalue weighted by Crippen LogP contribution is 2.23. The van der Waals surface area contributed by atoms with E-state index in [-0.39, 0.29) is 5.75 Å². The van der Waals surface area contributed by atoms with E-state index in [1.807, 2.05) is 17.7 Å². The molecule has 1 aliphatic heterocycles. The Morgan fingerprint density at radius 1 is 1.43 bits per heavy atom. The average Bonchev–Trinajstić information content (AvgIpc) is 2.98. The number of aromatic nitrogens is 2. The fraction of sp³-hybridized carbons (Fsp3) is 0.733. The van der Waals surface area contributed by atoms with Gasteiger partial charge in [0.15, 0.2) is 15.8 Å². The van der Waals surface area contributed by atoms with Gasteiger partial charge in [0, 0.05) is 45.1 Å². The van der Waals surface area contributed by atoms with Crippen LogP contribution in [-0.4, -0.2) is 65.5 Å². The van der Waals surface area contributed by atoms with Gasteiger partial charge in [0.1, 0.15) is 0 Å². The van der Waals surface area contributed by atoms with Crippen LogP contribution >= 0.6 is 0 Å². The molecule has 1 saturated heterocycles. The highest BCUT2D eigenvalue weighted by Gasteiger charge is 2.40. The first-order chi connectivity index (χ1) is 10.9. The topological polar surface area (TPSA) is 79.6 Å². The molecule has 1 aliphatic rings. The maximum Gasteiger partial charge on any atom is 0.193 e. The Morgan fingerprint density at radius 3 is 2.83 bits per heavy atom. The van der Waals surface area contributed by atoms with Crippen LogP contribution in [0.25, 0.3) is 0 Å². The predicted octanol–water partition coefficient (Wildman–Crippen LogP) is 0.748. The molecule has 1 aromatic heterocycles. The molecule has 1 fully saturated rings. The third-order valence-corrected chi connectivity index (χ3v) is 6.61. The van der Waals surface area contributed by atoms with Crippen LogP contribution in [-0.2, 0) is 16.4 Å². The van der Waals surface area contributed by atoms with E-state index in [0.717, 1.165) is 25.5 Å². The normalized spacial score (nSPS) is 20.5. The molecule has 0 spiro atoms. The molecule has 1 N–H and O–H groups in total. The van der Waals surface area contributed by atoms with Crippen molar-refractivity contribution in [2.75, 3.05) is 31.9 Å². The molecule has 0 bridgehead atoms. The van der Waals surface area contributed by atoms with E-state index in [1.165, 1.54) is 0 Å². The van der Waals surface area contributed by atoms with Crippen molar-refractivity contribution in [1.82, 2.24) is 19.8 Å². The average molecular weight is 341 g/mol. The van der Waals surface area contributed by atoms with E-state index in [1.54, 1.807) is 26.4 Å². The molecular formula is C15H27N5O2S. The lowest BCUT2D eigenvalue weighted by Crippen LogP contribution is -2.57. The Kier molecular flexibility index (Phi) is 5.67. The first kappa shape index (κ1) is 17.8. The van der Waals surface area contributed by atoms with E-state index in [4.69, 9.17) is 0 Å². The zero-order valence-corrected chi connectivity index (χ0v) is 15.0. The highest BCUT2D eigenvalue weighted by molar-refractivity contribution is 7.92.